The second-order valence-electron chi connectivity index (χ2n) is 3.68. The van der Waals surface area contributed by atoms with Crippen molar-refractivity contribution in [1.29, 1.82) is 0 Å². The maximum atomic E-state index is 11.3. The number of amides is 1. The van der Waals surface area contributed by atoms with E-state index in [1.807, 2.05) is 0 Å². The van der Waals surface area contributed by atoms with Crippen molar-refractivity contribution in [3.05, 3.63) is 6.20 Å². The van der Waals surface area contributed by atoms with Crippen molar-refractivity contribution >= 4 is 17.6 Å². The van der Waals surface area contributed by atoms with Gasteiger partial charge in [0.1, 0.15) is 18.9 Å². The van der Waals surface area contributed by atoms with Crippen LogP contribution in [-0.4, -0.2) is 65.8 Å². The number of carbonyl (C=O) groups excluding carboxylic acids is 1. The third-order valence-corrected chi connectivity index (χ3v) is 2.52. The Morgan fingerprint density at radius 1 is 1.63 bits per heavy atom. The van der Waals surface area contributed by atoms with Crippen LogP contribution in [0.25, 0.3) is 0 Å². The molecule has 0 aliphatic carbocycles. The molecule has 0 aliphatic heterocycles. The molecule has 0 fully saturated rings. The average Bonchev–Trinajstić information content (AvgIpc) is 2.90. The van der Waals surface area contributed by atoms with Gasteiger partial charge in [0.25, 0.3) is 0 Å². The Morgan fingerprint density at radius 2 is 2.47 bits per heavy atom. The fraction of sp³-hybridized carbons (Fsp3) is 0.700. The van der Waals surface area contributed by atoms with Crippen LogP contribution in [0, 0.1) is 0 Å². The zero-order chi connectivity index (χ0) is 13.9. The third-order valence-electron chi connectivity index (χ3n) is 2.06. The van der Waals surface area contributed by atoms with Gasteiger partial charge in [0, 0.05) is 20.2 Å². The molecule has 9 heteroatoms. The average molecular weight is 290 g/mol. The summed E-state index contributed by atoms with van der Waals surface area (Å²) in [6.45, 7) is 1.45. The normalized spacial score (nSPS) is 12.1. The number of nitrogens with zero attached hydrogens (tertiary/aromatic N) is 2. The first kappa shape index (κ1) is 15.8. The predicted octanol–water partition coefficient (Wildman–Crippen LogP) is -1.37. The zero-order valence-corrected chi connectivity index (χ0v) is 11.5. The Bertz CT molecular complexity index is 349. The van der Waals surface area contributed by atoms with Crippen molar-refractivity contribution in [2.45, 2.75) is 6.10 Å². The smallest absolute Gasteiger partial charge is 0.245 e. The Labute approximate surface area is 115 Å². The Morgan fingerprint density at radius 3 is 3.16 bits per heavy atom. The number of aliphatic hydroxyl groups is 1. The molecule has 1 rings (SSSR count). The van der Waals surface area contributed by atoms with Crippen LogP contribution in [-0.2, 0) is 9.53 Å². The molecule has 108 valence electrons. The molecule has 0 aliphatic rings. The Kier molecular flexibility index (Phi) is 7.98. The maximum absolute atomic E-state index is 11.3. The summed E-state index contributed by atoms with van der Waals surface area (Å²) in [5.41, 5.74) is 0. The van der Waals surface area contributed by atoms with Crippen LogP contribution in [0.4, 0.5) is 0 Å². The van der Waals surface area contributed by atoms with E-state index < -0.39 is 6.10 Å². The molecule has 1 atom stereocenters. The topological polar surface area (TPSA) is 106 Å². The van der Waals surface area contributed by atoms with Crippen molar-refractivity contribution in [2.24, 2.45) is 0 Å². The van der Waals surface area contributed by atoms with Gasteiger partial charge >= 0.3 is 0 Å². The lowest BCUT2D eigenvalue weighted by molar-refractivity contribution is -0.120. The molecule has 0 spiro atoms. The summed E-state index contributed by atoms with van der Waals surface area (Å²) in [4.78, 5) is 11.3. The summed E-state index contributed by atoms with van der Waals surface area (Å²) in [7, 11) is 1.57. The quantitative estimate of drug-likeness (QED) is 0.456. The Balaban J connectivity index is 2.00. The summed E-state index contributed by atoms with van der Waals surface area (Å²) >= 11 is 1.04. The van der Waals surface area contributed by atoms with Crippen molar-refractivity contribution < 1.29 is 19.4 Å². The first-order chi connectivity index (χ1) is 9.22. The van der Waals surface area contributed by atoms with E-state index in [1.54, 1.807) is 7.11 Å². The Hall–Kier alpha value is -1.29. The minimum Gasteiger partial charge on any atom is -0.473 e. The summed E-state index contributed by atoms with van der Waals surface area (Å²) in [6.07, 6.45) is 0.766. The predicted molar refractivity (Wildman–Crippen MR) is 69.2 cm³/mol. The van der Waals surface area contributed by atoms with E-state index in [0.717, 1.165) is 11.7 Å². The van der Waals surface area contributed by atoms with Crippen LogP contribution in [0.15, 0.2) is 6.20 Å². The number of carbonyl (C=O) groups is 1. The van der Waals surface area contributed by atoms with Crippen molar-refractivity contribution in [1.82, 2.24) is 19.4 Å². The van der Waals surface area contributed by atoms with Crippen LogP contribution >= 0.6 is 11.7 Å². The number of aromatic nitrogens is 2. The van der Waals surface area contributed by atoms with Gasteiger partial charge in [0.05, 0.1) is 24.9 Å². The van der Waals surface area contributed by atoms with E-state index in [1.165, 1.54) is 6.20 Å². The zero-order valence-electron chi connectivity index (χ0n) is 10.7. The van der Waals surface area contributed by atoms with Gasteiger partial charge in [-0.1, -0.05) is 0 Å². The first-order valence-electron chi connectivity index (χ1n) is 5.77. The summed E-state index contributed by atoms with van der Waals surface area (Å²) in [5, 5.41) is 15.1. The largest absolute Gasteiger partial charge is 0.473 e. The van der Waals surface area contributed by atoms with Gasteiger partial charge < -0.3 is 25.2 Å². The SMILES string of the molecule is COCCNC(=O)CNCC(O)COc1cnsn1. The molecule has 3 N–H and O–H groups in total. The van der Waals surface area contributed by atoms with Gasteiger partial charge in [-0.2, -0.15) is 4.37 Å². The van der Waals surface area contributed by atoms with Crippen LogP contribution in [0.5, 0.6) is 5.88 Å². The molecule has 1 unspecified atom stereocenters. The number of nitrogens with one attached hydrogen (secondary N) is 2. The minimum absolute atomic E-state index is 0.101. The molecule has 1 amide bonds. The molecular weight excluding hydrogens is 272 g/mol. The fourth-order valence-corrected chi connectivity index (χ4v) is 1.53. The molecule has 0 bridgehead atoms. The molecule has 1 aromatic rings. The minimum atomic E-state index is -0.714. The van der Waals surface area contributed by atoms with Gasteiger partial charge in [0.2, 0.25) is 11.8 Å². The second kappa shape index (κ2) is 9.62. The van der Waals surface area contributed by atoms with E-state index >= 15 is 0 Å². The number of rotatable bonds is 10. The second-order valence-corrected chi connectivity index (χ2v) is 4.24. The number of methoxy groups -OCH3 is 1. The number of ether oxygens (including phenoxy) is 2. The molecule has 1 aromatic heterocycles. The first-order valence-corrected chi connectivity index (χ1v) is 6.50. The van der Waals surface area contributed by atoms with Crippen molar-refractivity contribution in [3.8, 4) is 5.88 Å². The number of aliphatic hydroxyl groups excluding tert-OH is 1. The van der Waals surface area contributed by atoms with Crippen molar-refractivity contribution in [2.75, 3.05) is 40.0 Å². The molecule has 0 aromatic carbocycles. The number of hydrogen-bond donors (Lipinski definition) is 3. The van der Waals surface area contributed by atoms with E-state index in [-0.39, 0.29) is 25.6 Å². The molecule has 8 nitrogen and oxygen atoms in total. The van der Waals surface area contributed by atoms with E-state index in [4.69, 9.17) is 9.47 Å². The lowest BCUT2D eigenvalue weighted by Crippen LogP contribution is -2.39. The van der Waals surface area contributed by atoms with E-state index in [9.17, 15) is 9.90 Å². The standard InChI is InChI=1S/C10H18N4O4S/c1-17-3-2-12-9(16)5-11-4-8(15)7-18-10-6-13-19-14-10/h6,8,11,15H,2-5,7H2,1H3,(H,12,16). The van der Waals surface area contributed by atoms with E-state index in [0.29, 0.717) is 19.0 Å². The van der Waals surface area contributed by atoms with Crippen LogP contribution in [0.2, 0.25) is 0 Å². The summed E-state index contributed by atoms with van der Waals surface area (Å²) in [6, 6.07) is 0. The fourth-order valence-electron chi connectivity index (χ4n) is 1.17. The van der Waals surface area contributed by atoms with Crippen LogP contribution in [0.1, 0.15) is 0 Å². The maximum Gasteiger partial charge on any atom is 0.245 e. The highest BCUT2D eigenvalue weighted by Crippen LogP contribution is 2.04. The highest BCUT2D eigenvalue weighted by atomic mass is 32.1. The van der Waals surface area contributed by atoms with Gasteiger partial charge in [-0.15, -0.1) is 4.37 Å². The van der Waals surface area contributed by atoms with Gasteiger partial charge in [0.15, 0.2) is 0 Å². The number of hydrogen-bond acceptors (Lipinski definition) is 8. The van der Waals surface area contributed by atoms with Crippen molar-refractivity contribution in [3.63, 3.8) is 0 Å². The molecule has 0 radical (unpaired) electrons. The lowest BCUT2D eigenvalue weighted by Gasteiger charge is -2.11. The monoisotopic (exact) mass is 290 g/mol. The van der Waals surface area contributed by atoms with Crippen LogP contribution in [0.3, 0.4) is 0 Å². The molecule has 1 heterocycles. The molecular formula is C10H18N4O4S. The van der Waals surface area contributed by atoms with Gasteiger partial charge in [-0.05, 0) is 0 Å². The highest BCUT2D eigenvalue weighted by molar-refractivity contribution is 6.99. The molecule has 0 saturated carbocycles. The third kappa shape index (κ3) is 7.67. The van der Waals surface area contributed by atoms with Gasteiger partial charge in [-0.3, -0.25) is 4.79 Å². The lowest BCUT2D eigenvalue weighted by atomic mass is 10.3. The van der Waals surface area contributed by atoms with E-state index in [2.05, 4.69) is 19.4 Å². The molecule has 0 saturated heterocycles. The summed E-state index contributed by atoms with van der Waals surface area (Å²) in [5.74, 6) is 0.246. The highest BCUT2D eigenvalue weighted by Gasteiger charge is 2.07. The van der Waals surface area contributed by atoms with Crippen LogP contribution < -0.4 is 15.4 Å². The summed E-state index contributed by atoms with van der Waals surface area (Å²) < 4.78 is 17.6. The van der Waals surface area contributed by atoms with Gasteiger partial charge in [-0.25, -0.2) is 0 Å². The molecule has 19 heavy (non-hydrogen) atoms.